The lowest BCUT2D eigenvalue weighted by molar-refractivity contribution is 0.103. The molecule has 1 N–H and O–H groups in total. The van der Waals surface area contributed by atoms with Gasteiger partial charge in [0.15, 0.2) is 11.5 Å². The predicted molar refractivity (Wildman–Crippen MR) is 112 cm³/mol. The smallest absolute Gasteiger partial charge is 0.265 e. The Morgan fingerprint density at radius 2 is 1.71 bits per heavy atom. The maximum Gasteiger partial charge on any atom is 0.265 e. The topological polar surface area (TPSA) is 72.2 Å². The summed E-state index contributed by atoms with van der Waals surface area (Å²) in [6, 6.07) is 19.1. The molecule has 5 aromatic rings. The van der Waals surface area contributed by atoms with Crippen molar-refractivity contribution in [2.24, 2.45) is 0 Å². The second kappa shape index (κ2) is 6.99. The first kappa shape index (κ1) is 16.8. The first-order valence-corrected chi connectivity index (χ1v) is 10.3. The number of aromatic nitrogens is 4. The van der Waals surface area contributed by atoms with Gasteiger partial charge in [0.05, 0.1) is 15.4 Å². The van der Waals surface area contributed by atoms with Crippen molar-refractivity contribution in [2.75, 3.05) is 5.32 Å². The van der Waals surface area contributed by atoms with Gasteiger partial charge in [0.25, 0.3) is 5.91 Å². The van der Waals surface area contributed by atoms with Gasteiger partial charge in [0, 0.05) is 11.3 Å². The Hall–Kier alpha value is -3.36. The summed E-state index contributed by atoms with van der Waals surface area (Å²) in [4.78, 5) is 13.9. The van der Waals surface area contributed by atoms with Gasteiger partial charge in [-0.25, -0.2) is 0 Å². The molecule has 0 saturated carbocycles. The molecule has 0 fully saturated rings. The molecule has 0 radical (unpaired) electrons. The highest BCUT2D eigenvalue weighted by atomic mass is 32.1. The summed E-state index contributed by atoms with van der Waals surface area (Å²) >= 11 is 3.02. The van der Waals surface area contributed by atoms with Crippen LogP contribution in [-0.4, -0.2) is 25.7 Å². The van der Waals surface area contributed by atoms with Crippen LogP contribution in [0.4, 0.5) is 5.69 Å². The summed E-state index contributed by atoms with van der Waals surface area (Å²) in [6.45, 7) is 0. The monoisotopic (exact) mass is 403 g/mol. The van der Waals surface area contributed by atoms with Crippen LogP contribution in [0.3, 0.4) is 0 Å². The van der Waals surface area contributed by atoms with Crippen molar-refractivity contribution in [1.29, 1.82) is 0 Å². The van der Waals surface area contributed by atoms with Crippen molar-refractivity contribution < 1.29 is 4.79 Å². The molecule has 136 valence electrons. The molecule has 0 unspecified atom stereocenters. The third-order valence-electron chi connectivity index (χ3n) is 4.19. The van der Waals surface area contributed by atoms with Crippen LogP contribution < -0.4 is 5.32 Å². The number of nitrogens with zero attached hydrogens (tertiary/aromatic N) is 4. The molecule has 0 atom stereocenters. The van der Waals surface area contributed by atoms with E-state index in [9.17, 15) is 4.79 Å². The predicted octanol–water partition coefficient (Wildman–Crippen LogP) is 4.83. The molecule has 0 spiro atoms. The van der Waals surface area contributed by atoms with E-state index >= 15 is 0 Å². The number of fused-ring (bicyclic) bond motifs is 1. The first-order valence-electron chi connectivity index (χ1n) is 8.49. The average Bonchev–Trinajstić information content (AvgIpc) is 3.49. The van der Waals surface area contributed by atoms with Crippen LogP contribution in [-0.2, 0) is 0 Å². The lowest BCUT2D eigenvalue weighted by Crippen LogP contribution is -2.09. The van der Waals surface area contributed by atoms with E-state index in [-0.39, 0.29) is 5.91 Å². The molecule has 4 aromatic heterocycles. The van der Waals surface area contributed by atoms with Gasteiger partial charge in [-0.05, 0) is 47.2 Å². The van der Waals surface area contributed by atoms with E-state index in [4.69, 9.17) is 5.10 Å². The Bertz CT molecular complexity index is 1240. The molecule has 0 saturated heterocycles. The van der Waals surface area contributed by atoms with E-state index in [1.165, 1.54) is 11.3 Å². The molecule has 1 amide bonds. The van der Waals surface area contributed by atoms with Crippen LogP contribution in [0.15, 0.2) is 71.4 Å². The van der Waals surface area contributed by atoms with Gasteiger partial charge in [-0.15, -0.1) is 32.9 Å². The van der Waals surface area contributed by atoms with Gasteiger partial charge in [0.1, 0.15) is 0 Å². The van der Waals surface area contributed by atoms with Crippen molar-refractivity contribution in [3.05, 3.63) is 76.3 Å². The molecular formula is C20H13N5OS2. The van der Waals surface area contributed by atoms with E-state index < -0.39 is 0 Å². The Labute approximate surface area is 168 Å². The minimum absolute atomic E-state index is 0.104. The summed E-state index contributed by atoms with van der Waals surface area (Å²) in [5.41, 5.74) is 3.20. The number of anilines is 1. The van der Waals surface area contributed by atoms with Gasteiger partial charge in [-0.1, -0.05) is 24.3 Å². The SMILES string of the molecule is O=C(Nc1ccc(-c2ccc3nnc(-c4cccs4)n3n2)cc1)c1cccs1. The summed E-state index contributed by atoms with van der Waals surface area (Å²) in [7, 11) is 0. The standard InChI is InChI=1S/C20H13N5OS2/c26-20(17-4-2-12-28-17)21-14-7-5-13(6-8-14)15-9-10-18-22-23-19(25(18)24-15)16-3-1-11-27-16/h1-12H,(H,21,26). The van der Waals surface area contributed by atoms with E-state index in [1.54, 1.807) is 21.9 Å². The maximum atomic E-state index is 12.2. The zero-order valence-corrected chi connectivity index (χ0v) is 16.1. The van der Waals surface area contributed by atoms with E-state index in [1.807, 2.05) is 65.4 Å². The molecule has 0 aliphatic heterocycles. The summed E-state index contributed by atoms with van der Waals surface area (Å²) < 4.78 is 1.76. The lowest BCUT2D eigenvalue weighted by Gasteiger charge is -2.06. The Kier molecular flexibility index (Phi) is 4.19. The van der Waals surface area contributed by atoms with Crippen molar-refractivity contribution in [1.82, 2.24) is 19.8 Å². The van der Waals surface area contributed by atoms with Crippen LogP contribution in [0.5, 0.6) is 0 Å². The Morgan fingerprint density at radius 3 is 2.46 bits per heavy atom. The van der Waals surface area contributed by atoms with Gasteiger partial charge in [0.2, 0.25) is 0 Å². The molecule has 4 heterocycles. The molecule has 5 rings (SSSR count). The summed E-state index contributed by atoms with van der Waals surface area (Å²) in [5, 5.41) is 19.9. The van der Waals surface area contributed by atoms with Gasteiger partial charge >= 0.3 is 0 Å². The minimum atomic E-state index is -0.104. The Balaban J connectivity index is 1.43. The molecule has 8 heteroatoms. The van der Waals surface area contributed by atoms with Crippen LogP contribution >= 0.6 is 22.7 Å². The molecule has 0 aliphatic rings. The Morgan fingerprint density at radius 1 is 0.893 bits per heavy atom. The number of hydrogen-bond donors (Lipinski definition) is 1. The van der Waals surface area contributed by atoms with E-state index in [0.717, 1.165) is 27.6 Å². The molecule has 28 heavy (non-hydrogen) atoms. The van der Waals surface area contributed by atoms with Crippen LogP contribution in [0.2, 0.25) is 0 Å². The summed E-state index contributed by atoms with van der Waals surface area (Å²) in [6.07, 6.45) is 0. The average molecular weight is 403 g/mol. The molecular weight excluding hydrogens is 390 g/mol. The van der Waals surface area contributed by atoms with E-state index in [2.05, 4.69) is 15.5 Å². The molecule has 0 aliphatic carbocycles. The summed E-state index contributed by atoms with van der Waals surface area (Å²) in [5.74, 6) is 0.624. The van der Waals surface area contributed by atoms with Gasteiger partial charge in [-0.3, -0.25) is 4.79 Å². The van der Waals surface area contributed by atoms with Crippen LogP contribution in [0.1, 0.15) is 9.67 Å². The number of hydrogen-bond acceptors (Lipinski definition) is 6. The fourth-order valence-corrected chi connectivity index (χ4v) is 4.14. The molecule has 0 bridgehead atoms. The molecule has 6 nitrogen and oxygen atoms in total. The number of carbonyl (C=O) groups excluding carboxylic acids is 1. The number of rotatable bonds is 4. The normalized spacial score (nSPS) is 11.0. The van der Waals surface area contributed by atoms with E-state index in [0.29, 0.717) is 10.5 Å². The fourth-order valence-electron chi connectivity index (χ4n) is 2.83. The van der Waals surface area contributed by atoms with Crippen LogP contribution in [0.25, 0.3) is 27.6 Å². The second-order valence-electron chi connectivity index (χ2n) is 6.00. The van der Waals surface area contributed by atoms with Crippen molar-refractivity contribution in [2.45, 2.75) is 0 Å². The number of benzene rings is 1. The minimum Gasteiger partial charge on any atom is -0.321 e. The quantitative estimate of drug-likeness (QED) is 0.466. The van der Waals surface area contributed by atoms with Gasteiger partial charge in [-0.2, -0.15) is 9.61 Å². The number of nitrogens with one attached hydrogen (secondary N) is 1. The zero-order valence-electron chi connectivity index (χ0n) is 14.4. The number of thiophene rings is 2. The van der Waals surface area contributed by atoms with Crippen LogP contribution in [0, 0.1) is 0 Å². The first-order chi connectivity index (χ1) is 13.8. The zero-order chi connectivity index (χ0) is 18.9. The molecule has 1 aromatic carbocycles. The lowest BCUT2D eigenvalue weighted by atomic mass is 10.1. The highest BCUT2D eigenvalue weighted by Crippen LogP contribution is 2.25. The largest absolute Gasteiger partial charge is 0.321 e. The number of carbonyl (C=O) groups is 1. The third kappa shape index (κ3) is 3.08. The van der Waals surface area contributed by atoms with Crippen molar-refractivity contribution >= 4 is 39.9 Å². The highest BCUT2D eigenvalue weighted by Gasteiger charge is 2.12. The third-order valence-corrected chi connectivity index (χ3v) is 5.92. The van der Waals surface area contributed by atoms with Crippen molar-refractivity contribution in [3.8, 4) is 22.0 Å². The van der Waals surface area contributed by atoms with Gasteiger partial charge < -0.3 is 5.32 Å². The highest BCUT2D eigenvalue weighted by molar-refractivity contribution is 7.13. The second-order valence-corrected chi connectivity index (χ2v) is 7.89. The van der Waals surface area contributed by atoms with Crippen molar-refractivity contribution in [3.63, 3.8) is 0 Å². The fraction of sp³-hybridized carbons (Fsp3) is 0. The number of amides is 1. The maximum absolute atomic E-state index is 12.2.